The highest BCUT2D eigenvalue weighted by molar-refractivity contribution is 9.09. The number of para-hydroxylation sites is 2. The summed E-state index contributed by atoms with van der Waals surface area (Å²) in [6.45, 7) is 1.41. The minimum absolute atomic E-state index is 0.703. The Kier molecular flexibility index (Phi) is 7.81. The molecule has 0 radical (unpaired) electrons. The zero-order chi connectivity index (χ0) is 15.6. The number of hydrogen-bond acceptors (Lipinski definition) is 2. The van der Waals surface area contributed by atoms with Crippen LogP contribution in [0.3, 0.4) is 0 Å². The molecule has 0 aliphatic rings. The highest BCUT2D eigenvalue weighted by atomic mass is 79.9. The normalized spacial score (nSPS) is 10.5. The van der Waals surface area contributed by atoms with E-state index in [0.29, 0.717) is 13.2 Å². The molecule has 0 N–H and O–H groups in total. The van der Waals surface area contributed by atoms with Crippen molar-refractivity contribution in [3.8, 4) is 22.6 Å². The monoisotopic (exact) mass is 426 g/mol. The van der Waals surface area contributed by atoms with Crippen molar-refractivity contribution in [2.24, 2.45) is 0 Å². The largest absolute Gasteiger partial charge is 0.493 e. The van der Waals surface area contributed by atoms with Crippen LogP contribution in [0.5, 0.6) is 11.5 Å². The molecule has 118 valence electrons. The van der Waals surface area contributed by atoms with Crippen LogP contribution in [0.1, 0.15) is 12.8 Å². The molecule has 0 atom stereocenters. The molecule has 0 spiro atoms. The molecular weight excluding hydrogens is 408 g/mol. The molecule has 2 aromatic rings. The first kappa shape index (κ1) is 17.4. The summed E-state index contributed by atoms with van der Waals surface area (Å²) in [5.74, 6) is 1.81. The van der Waals surface area contributed by atoms with Gasteiger partial charge in [0, 0.05) is 21.8 Å². The number of rotatable bonds is 9. The van der Waals surface area contributed by atoms with Gasteiger partial charge in [-0.05, 0) is 25.0 Å². The first-order chi connectivity index (χ1) is 10.9. The molecule has 4 heteroatoms. The molecule has 0 fully saturated rings. The average Bonchev–Trinajstić information content (AvgIpc) is 2.56. The Morgan fingerprint density at radius 3 is 1.45 bits per heavy atom. The molecule has 2 nitrogen and oxygen atoms in total. The molecule has 0 amide bonds. The highest BCUT2D eigenvalue weighted by Gasteiger charge is 2.11. The Bertz CT molecular complexity index is 521. The van der Waals surface area contributed by atoms with Crippen LogP contribution in [0.4, 0.5) is 0 Å². The van der Waals surface area contributed by atoms with E-state index in [1.54, 1.807) is 0 Å². The van der Waals surface area contributed by atoms with Gasteiger partial charge in [-0.2, -0.15) is 0 Å². The van der Waals surface area contributed by atoms with Crippen molar-refractivity contribution < 1.29 is 9.47 Å². The second-order valence-electron chi connectivity index (χ2n) is 4.77. The molecule has 0 saturated carbocycles. The predicted molar refractivity (Wildman–Crippen MR) is 99.7 cm³/mol. The SMILES string of the molecule is BrCCCOc1ccccc1-c1ccccc1OCCCBr. The third-order valence-corrected chi connectivity index (χ3v) is 4.26. The fraction of sp³-hybridized carbons (Fsp3) is 0.333. The molecule has 0 aromatic heterocycles. The predicted octanol–water partition coefficient (Wildman–Crippen LogP) is 5.68. The fourth-order valence-corrected chi connectivity index (χ4v) is 2.56. The number of ether oxygens (including phenoxy) is 2. The van der Waals surface area contributed by atoms with E-state index in [4.69, 9.17) is 9.47 Å². The number of benzene rings is 2. The van der Waals surface area contributed by atoms with Gasteiger partial charge in [0.25, 0.3) is 0 Å². The van der Waals surface area contributed by atoms with Gasteiger partial charge in [0.05, 0.1) is 13.2 Å². The van der Waals surface area contributed by atoms with Crippen LogP contribution < -0.4 is 9.47 Å². The Morgan fingerprint density at radius 1 is 0.636 bits per heavy atom. The molecule has 2 rings (SSSR count). The van der Waals surface area contributed by atoms with Crippen molar-refractivity contribution in [2.75, 3.05) is 23.9 Å². The summed E-state index contributed by atoms with van der Waals surface area (Å²) in [6.07, 6.45) is 1.97. The highest BCUT2D eigenvalue weighted by Crippen LogP contribution is 2.36. The van der Waals surface area contributed by atoms with E-state index in [9.17, 15) is 0 Å². The summed E-state index contributed by atoms with van der Waals surface area (Å²) in [5, 5.41) is 1.89. The van der Waals surface area contributed by atoms with Crippen LogP contribution in [0.25, 0.3) is 11.1 Å². The Hall–Kier alpha value is -1.000. The lowest BCUT2D eigenvalue weighted by atomic mass is 10.0. The van der Waals surface area contributed by atoms with Gasteiger partial charge in [0.1, 0.15) is 11.5 Å². The Morgan fingerprint density at radius 2 is 1.05 bits per heavy atom. The van der Waals surface area contributed by atoms with E-state index in [1.807, 2.05) is 36.4 Å². The Labute approximate surface area is 149 Å². The summed E-state index contributed by atoms with van der Waals surface area (Å²) in [5.41, 5.74) is 2.15. The second-order valence-corrected chi connectivity index (χ2v) is 6.36. The van der Waals surface area contributed by atoms with Crippen molar-refractivity contribution in [1.82, 2.24) is 0 Å². The topological polar surface area (TPSA) is 18.5 Å². The third kappa shape index (κ3) is 5.03. The lowest BCUT2D eigenvalue weighted by Gasteiger charge is -2.15. The van der Waals surface area contributed by atoms with Gasteiger partial charge < -0.3 is 9.47 Å². The van der Waals surface area contributed by atoms with E-state index in [-0.39, 0.29) is 0 Å². The zero-order valence-corrected chi connectivity index (χ0v) is 15.6. The lowest BCUT2D eigenvalue weighted by molar-refractivity contribution is 0.315. The van der Waals surface area contributed by atoms with Gasteiger partial charge in [-0.3, -0.25) is 0 Å². The van der Waals surface area contributed by atoms with Crippen LogP contribution in [0.2, 0.25) is 0 Å². The van der Waals surface area contributed by atoms with Crippen molar-refractivity contribution in [2.45, 2.75) is 12.8 Å². The molecule has 0 aliphatic carbocycles. The lowest BCUT2D eigenvalue weighted by Crippen LogP contribution is -2.01. The van der Waals surface area contributed by atoms with Crippen LogP contribution in [0.15, 0.2) is 48.5 Å². The van der Waals surface area contributed by atoms with Crippen molar-refractivity contribution in [3.63, 3.8) is 0 Å². The molecule has 0 aliphatic heterocycles. The molecule has 0 bridgehead atoms. The first-order valence-electron chi connectivity index (χ1n) is 7.42. The minimum atomic E-state index is 0.703. The van der Waals surface area contributed by atoms with E-state index in [0.717, 1.165) is 46.1 Å². The summed E-state index contributed by atoms with van der Waals surface area (Å²) in [4.78, 5) is 0. The van der Waals surface area contributed by atoms with Crippen LogP contribution in [-0.2, 0) is 0 Å². The van der Waals surface area contributed by atoms with Gasteiger partial charge >= 0.3 is 0 Å². The third-order valence-electron chi connectivity index (χ3n) is 3.14. The van der Waals surface area contributed by atoms with E-state index in [2.05, 4.69) is 44.0 Å². The van der Waals surface area contributed by atoms with Gasteiger partial charge in [0.15, 0.2) is 0 Å². The van der Waals surface area contributed by atoms with Crippen LogP contribution >= 0.6 is 31.9 Å². The molecule has 0 saturated heterocycles. The average molecular weight is 428 g/mol. The smallest absolute Gasteiger partial charge is 0.127 e. The van der Waals surface area contributed by atoms with Gasteiger partial charge in [-0.15, -0.1) is 0 Å². The van der Waals surface area contributed by atoms with Crippen LogP contribution in [0, 0.1) is 0 Å². The summed E-state index contributed by atoms with van der Waals surface area (Å²) in [7, 11) is 0. The zero-order valence-electron chi connectivity index (χ0n) is 12.4. The summed E-state index contributed by atoms with van der Waals surface area (Å²) in [6, 6.07) is 16.2. The van der Waals surface area contributed by atoms with E-state index in [1.165, 1.54) is 0 Å². The maximum atomic E-state index is 5.92. The van der Waals surface area contributed by atoms with Gasteiger partial charge in [-0.1, -0.05) is 68.3 Å². The molecule has 0 unspecified atom stereocenters. The van der Waals surface area contributed by atoms with Crippen molar-refractivity contribution >= 4 is 31.9 Å². The maximum absolute atomic E-state index is 5.92. The fourth-order valence-electron chi connectivity index (χ4n) is 2.10. The van der Waals surface area contributed by atoms with Gasteiger partial charge in [0.2, 0.25) is 0 Å². The van der Waals surface area contributed by atoms with E-state index >= 15 is 0 Å². The molecule has 0 heterocycles. The number of alkyl halides is 2. The number of hydrogen-bond donors (Lipinski definition) is 0. The quantitative estimate of drug-likeness (QED) is 0.378. The maximum Gasteiger partial charge on any atom is 0.127 e. The van der Waals surface area contributed by atoms with Crippen LogP contribution in [-0.4, -0.2) is 23.9 Å². The number of halogens is 2. The second kappa shape index (κ2) is 9.90. The summed E-state index contributed by atoms with van der Waals surface area (Å²) < 4.78 is 11.8. The molecule has 2 aromatic carbocycles. The van der Waals surface area contributed by atoms with Crippen molar-refractivity contribution in [1.29, 1.82) is 0 Å². The van der Waals surface area contributed by atoms with E-state index < -0.39 is 0 Å². The first-order valence-corrected chi connectivity index (χ1v) is 9.67. The van der Waals surface area contributed by atoms with Gasteiger partial charge in [-0.25, -0.2) is 0 Å². The molecule has 22 heavy (non-hydrogen) atoms. The van der Waals surface area contributed by atoms with Crippen molar-refractivity contribution in [3.05, 3.63) is 48.5 Å². The molecular formula is C18H20Br2O2. The summed E-state index contributed by atoms with van der Waals surface area (Å²) >= 11 is 6.86. The minimum Gasteiger partial charge on any atom is -0.493 e. The standard InChI is InChI=1S/C18H20Br2O2/c19-11-5-13-21-17-9-3-1-7-15(17)16-8-2-4-10-18(16)22-14-6-12-20/h1-4,7-10H,5-6,11-14H2. The Balaban J connectivity index is 2.23.